The fourth-order valence-corrected chi connectivity index (χ4v) is 2.36. The molecule has 1 saturated heterocycles. The first-order valence-corrected chi connectivity index (χ1v) is 6.21. The SMILES string of the molecule is COCC[C@H]([C@H]1C=CC(=O)O1)[C@H]1COC(C)(C)O1. The van der Waals surface area contributed by atoms with Crippen molar-refractivity contribution in [3.05, 3.63) is 12.2 Å². The fourth-order valence-electron chi connectivity index (χ4n) is 2.36. The molecule has 0 aliphatic carbocycles. The van der Waals surface area contributed by atoms with Crippen LogP contribution in [-0.2, 0) is 23.7 Å². The van der Waals surface area contributed by atoms with Crippen LogP contribution in [0.3, 0.4) is 0 Å². The first-order valence-electron chi connectivity index (χ1n) is 6.21. The van der Waals surface area contributed by atoms with Crippen molar-refractivity contribution in [3.8, 4) is 0 Å². The summed E-state index contributed by atoms with van der Waals surface area (Å²) in [5.74, 6) is -0.794. The topological polar surface area (TPSA) is 54.0 Å². The van der Waals surface area contributed by atoms with Crippen molar-refractivity contribution in [2.24, 2.45) is 5.92 Å². The third-order valence-electron chi connectivity index (χ3n) is 3.26. The molecule has 0 spiro atoms. The first-order chi connectivity index (χ1) is 8.52. The third kappa shape index (κ3) is 3.10. The highest BCUT2D eigenvalue weighted by molar-refractivity contribution is 5.84. The molecule has 2 rings (SSSR count). The molecule has 5 nitrogen and oxygen atoms in total. The van der Waals surface area contributed by atoms with Gasteiger partial charge in [0.15, 0.2) is 5.79 Å². The average Bonchev–Trinajstić information content (AvgIpc) is 2.86. The highest BCUT2D eigenvalue weighted by Crippen LogP contribution is 2.32. The van der Waals surface area contributed by atoms with E-state index in [2.05, 4.69) is 0 Å². The van der Waals surface area contributed by atoms with Crippen molar-refractivity contribution in [1.82, 2.24) is 0 Å². The maximum absolute atomic E-state index is 11.2. The number of methoxy groups -OCH3 is 1. The quantitative estimate of drug-likeness (QED) is 0.693. The van der Waals surface area contributed by atoms with Gasteiger partial charge in [-0.25, -0.2) is 4.79 Å². The molecule has 2 aliphatic rings. The van der Waals surface area contributed by atoms with Gasteiger partial charge in [0.2, 0.25) is 0 Å². The molecular weight excluding hydrogens is 236 g/mol. The van der Waals surface area contributed by atoms with Crippen LogP contribution in [-0.4, -0.2) is 44.3 Å². The van der Waals surface area contributed by atoms with Crippen LogP contribution in [0.4, 0.5) is 0 Å². The van der Waals surface area contributed by atoms with Crippen molar-refractivity contribution in [2.75, 3.05) is 20.3 Å². The predicted molar refractivity (Wildman–Crippen MR) is 63.9 cm³/mol. The van der Waals surface area contributed by atoms with Gasteiger partial charge in [-0.2, -0.15) is 0 Å². The van der Waals surface area contributed by atoms with E-state index in [0.717, 1.165) is 6.42 Å². The van der Waals surface area contributed by atoms with Crippen LogP contribution in [0, 0.1) is 5.92 Å². The summed E-state index contributed by atoms with van der Waals surface area (Å²) in [4.78, 5) is 11.2. The van der Waals surface area contributed by atoms with Crippen LogP contribution in [0.2, 0.25) is 0 Å². The van der Waals surface area contributed by atoms with Gasteiger partial charge in [0.05, 0.1) is 12.7 Å². The Hall–Kier alpha value is -0.910. The van der Waals surface area contributed by atoms with Gasteiger partial charge in [0, 0.05) is 25.7 Å². The lowest BCUT2D eigenvalue weighted by molar-refractivity contribution is -0.156. The maximum Gasteiger partial charge on any atom is 0.331 e. The molecule has 0 saturated carbocycles. The second-order valence-electron chi connectivity index (χ2n) is 5.07. The Balaban J connectivity index is 2.01. The molecule has 102 valence electrons. The van der Waals surface area contributed by atoms with Crippen molar-refractivity contribution < 1.29 is 23.7 Å². The van der Waals surface area contributed by atoms with E-state index in [-0.39, 0.29) is 24.1 Å². The Kier molecular flexibility index (Phi) is 4.04. The number of ether oxygens (including phenoxy) is 4. The predicted octanol–water partition coefficient (Wildman–Crippen LogP) is 1.27. The van der Waals surface area contributed by atoms with Crippen LogP contribution in [0.5, 0.6) is 0 Å². The van der Waals surface area contributed by atoms with E-state index in [1.807, 2.05) is 13.8 Å². The normalized spacial score (nSPS) is 31.6. The first kappa shape index (κ1) is 13.5. The van der Waals surface area contributed by atoms with Crippen molar-refractivity contribution in [3.63, 3.8) is 0 Å². The molecule has 0 radical (unpaired) electrons. The van der Waals surface area contributed by atoms with Crippen LogP contribution in [0.15, 0.2) is 12.2 Å². The minimum Gasteiger partial charge on any atom is -0.455 e. The summed E-state index contributed by atoms with van der Waals surface area (Å²) in [6.07, 6.45) is 3.71. The molecular formula is C13H20O5. The zero-order valence-electron chi connectivity index (χ0n) is 11.0. The van der Waals surface area contributed by atoms with E-state index in [0.29, 0.717) is 13.2 Å². The van der Waals surface area contributed by atoms with Gasteiger partial charge >= 0.3 is 5.97 Å². The van der Waals surface area contributed by atoms with E-state index in [9.17, 15) is 4.79 Å². The average molecular weight is 256 g/mol. The molecule has 18 heavy (non-hydrogen) atoms. The summed E-state index contributed by atoms with van der Waals surface area (Å²) < 4.78 is 21.8. The van der Waals surface area contributed by atoms with Gasteiger partial charge in [-0.05, 0) is 26.3 Å². The fraction of sp³-hybridized carbons (Fsp3) is 0.769. The standard InChI is InChI=1S/C13H20O5/c1-13(2)16-8-11(18-13)9(6-7-15-3)10-4-5-12(14)17-10/h4-5,9-11H,6-8H2,1-3H3/t9-,10-,11-/m1/s1. The van der Waals surface area contributed by atoms with Gasteiger partial charge < -0.3 is 18.9 Å². The number of esters is 1. The lowest BCUT2D eigenvalue weighted by Crippen LogP contribution is -2.35. The van der Waals surface area contributed by atoms with Gasteiger partial charge in [0.25, 0.3) is 0 Å². The number of hydrogen-bond acceptors (Lipinski definition) is 5. The Labute approximate surface area is 107 Å². The maximum atomic E-state index is 11.2. The number of carbonyl (C=O) groups excluding carboxylic acids is 1. The summed E-state index contributed by atoms with van der Waals surface area (Å²) in [7, 11) is 1.66. The smallest absolute Gasteiger partial charge is 0.331 e. The van der Waals surface area contributed by atoms with Crippen LogP contribution >= 0.6 is 0 Å². The molecule has 0 amide bonds. The minimum absolute atomic E-state index is 0.0643. The number of rotatable bonds is 5. The molecule has 3 atom stereocenters. The van der Waals surface area contributed by atoms with Gasteiger partial charge in [-0.1, -0.05) is 0 Å². The van der Waals surface area contributed by atoms with Crippen LogP contribution in [0.25, 0.3) is 0 Å². The van der Waals surface area contributed by atoms with Gasteiger partial charge in [-0.3, -0.25) is 0 Å². The second-order valence-corrected chi connectivity index (χ2v) is 5.07. The number of cyclic esters (lactones) is 1. The largest absolute Gasteiger partial charge is 0.455 e. The number of carbonyl (C=O) groups is 1. The molecule has 0 bridgehead atoms. The van der Waals surface area contributed by atoms with E-state index in [1.54, 1.807) is 13.2 Å². The molecule has 0 N–H and O–H groups in total. The van der Waals surface area contributed by atoms with Crippen LogP contribution < -0.4 is 0 Å². The zero-order chi connectivity index (χ0) is 13.2. The summed E-state index contributed by atoms with van der Waals surface area (Å²) in [5.41, 5.74) is 0. The Morgan fingerprint density at radius 2 is 2.33 bits per heavy atom. The summed E-state index contributed by atoms with van der Waals surface area (Å²) in [6.45, 7) is 4.89. The van der Waals surface area contributed by atoms with E-state index in [1.165, 1.54) is 6.08 Å². The molecule has 5 heteroatoms. The summed E-state index contributed by atoms with van der Waals surface area (Å²) in [5, 5.41) is 0. The highest BCUT2D eigenvalue weighted by atomic mass is 16.7. The molecule has 0 aromatic heterocycles. The molecule has 2 aliphatic heterocycles. The summed E-state index contributed by atoms with van der Waals surface area (Å²) >= 11 is 0. The lowest BCUT2D eigenvalue weighted by atomic mass is 9.93. The molecule has 0 aromatic carbocycles. The van der Waals surface area contributed by atoms with E-state index < -0.39 is 5.79 Å². The van der Waals surface area contributed by atoms with Gasteiger partial charge in [-0.15, -0.1) is 0 Å². The Bertz CT molecular complexity index is 336. The van der Waals surface area contributed by atoms with Crippen molar-refractivity contribution >= 4 is 5.97 Å². The Morgan fingerprint density at radius 3 is 2.83 bits per heavy atom. The monoisotopic (exact) mass is 256 g/mol. The Morgan fingerprint density at radius 1 is 1.56 bits per heavy atom. The molecule has 0 aromatic rings. The van der Waals surface area contributed by atoms with Crippen LogP contribution in [0.1, 0.15) is 20.3 Å². The highest BCUT2D eigenvalue weighted by Gasteiger charge is 2.41. The molecule has 0 unspecified atom stereocenters. The molecule has 1 fully saturated rings. The second kappa shape index (κ2) is 5.38. The van der Waals surface area contributed by atoms with E-state index >= 15 is 0 Å². The third-order valence-corrected chi connectivity index (χ3v) is 3.26. The number of hydrogen-bond donors (Lipinski definition) is 0. The zero-order valence-corrected chi connectivity index (χ0v) is 11.0. The van der Waals surface area contributed by atoms with Crippen molar-refractivity contribution in [2.45, 2.75) is 38.3 Å². The minimum atomic E-state index is -0.567. The lowest BCUT2D eigenvalue weighted by Gasteiger charge is -2.27. The summed E-state index contributed by atoms with van der Waals surface area (Å²) in [6, 6.07) is 0. The molecule has 2 heterocycles. The van der Waals surface area contributed by atoms with Crippen molar-refractivity contribution in [1.29, 1.82) is 0 Å². The van der Waals surface area contributed by atoms with E-state index in [4.69, 9.17) is 18.9 Å². The van der Waals surface area contributed by atoms with Gasteiger partial charge in [0.1, 0.15) is 6.10 Å².